The molecular weight excluding hydrogens is 592 g/mol. The van der Waals surface area contributed by atoms with Gasteiger partial charge in [-0.15, -0.1) is 0 Å². The smallest absolute Gasteiger partial charge is 0.302 e. The van der Waals surface area contributed by atoms with E-state index in [9.17, 15) is 4.79 Å². The lowest BCUT2D eigenvalue weighted by Gasteiger charge is -2.09. The summed E-state index contributed by atoms with van der Waals surface area (Å²) in [5, 5.41) is 0. The molecule has 0 aliphatic heterocycles. The van der Waals surface area contributed by atoms with Gasteiger partial charge in [0.2, 0.25) is 0 Å². The van der Waals surface area contributed by atoms with Crippen LogP contribution in [0.2, 0.25) is 0 Å². The summed E-state index contributed by atoms with van der Waals surface area (Å²) in [4.78, 5) is 10.6. The van der Waals surface area contributed by atoms with Crippen molar-refractivity contribution in [1.29, 1.82) is 0 Å². The molecule has 0 aromatic rings. The van der Waals surface area contributed by atoms with E-state index in [0.29, 0.717) is 99.1 Å². The molecule has 0 N–H and O–H groups in total. The van der Waals surface area contributed by atoms with Crippen LogP contribution in [0.3, 0.4) is 0 Å². The van der Waals surface area contributed by atoms with Crippen LogP contribution in [-0.2, 0) is 47.4 Å². The van der Waals surface area contributed by atoms with Gasteiger partial charge in [-0.3, -0.25) is 4.79 Å². The first-order valence-corrected chi connectivity index (χ1v) is 18.5. The molecule has 0 saturated carbocycles. The van der Waals surface area contributed by atoms with Crippen LogP contribution >= 0.6 is 0 Å². The molecule has 0 spiro atoms. The monoisotopic (exact) mass is 665 g/mol. The predicted molar refractivity (Wildman–Crippen MR) is 183 cm³/mol. The van der Waals surface area contributed by atoms with Crippen molar-refractivity contribution in [2.75, 3.05) is 112 Å². The van der Waals surface area contributed by atoms with Gasteiger partial charge >= 0.3 is 5.97 Å². The highest BCUT2D eigenvalue weighted by atomic mass is 16.6. The molecule has 0 radical (unpaired) electrons. The maximum atomic E-state index is 10.6. The Hall–Kier alpha value is -0.850. The Morgan fingerprint density at radius 1 is 0.304 bits per heavy atom. The number of carbonyl (C=O) groups is 1. The average Bonchev–Trinajstić information content (AvgIpc) is 3.05. The molecule has 0 aromatic carbocycles. The van der Waals surface area contributed by atoms with Crippen LogP contribution in [-0.4, -0.2) is 118 Å². The topological polar surface area (TPSA) is 100 Å². The molecule has 276 valence electrons. The van der Waals surface area contributed by atoms with Gasteiger partial charge in [0.05, 0.1) is 99.1 Å². The van der Waals surface area contributed by atoms with Gasteiger partial charge in [-0.2, -0.15) is 0 Å². The number of hydrogen-bond acceptors (Lipinski definition) is 10. The lowest BCUT2D eigenvalue weighted by Crippen LogP contribution is -2.15. The summed E-state index contributed by atoms with van der Waals surface area (Å²) in [6.45, 7) is 12.6. The average molecular weight is 665 g/mol. The Kier molecular flexibility index (Phi) is 41.4. The summed E-state index contributed by atoms with van der Waals surface area (Å²) < 4.78 is 48.6. The molecule has 0 amide bonds. The minimum absolute atomic E-state index is 0.267. The van der Waals surface area contributed by atoms with Gasteiger partial charge in [0, 0.05) is 13.5 Å². The third-order valence-corrected chi connectivity index (χ3v) is 7.28. The molecular formula is C36H72O10. The van der Waals surface area contributed by atoms with Gasteiger partial charge in [0.15, 0.2) is 0 Å². The molecule has 0 aliphatic rings. The van der Waals surface area contributed by atoms with Crippen LogP contribution in [0.5, 0.6) is 0 Å². The van der Waals surface area contributed by atoms with Crippen molar-refractivity contribution in [3.63, 3.8) is 0 Å². The van der Waals surface area contributed by atoms with Gasteiger partial charge in [-0.05, 0) is 6.42 Å². The molecule has 0 unspecified atom stereocenters. The zero-order chi connectivity index (χ0) is 33.3. The van der Waals surface area contributed by atoms with E-state index in [4.69, 9.17) is 42.6 Å². The van der Waals surface area contributed by atoms with Crippen LogP contribution < -0.4 is 0 Å². The lowest BCUT2D eigenvalue weighted by atomic mass is 10.0. The highest BCUT2D eigenvalue weighted by molar-refractivity contribution is 5.65. The second-order valence-corrected chi connectivity index (χ2v) is 11.5. The predicted octanol–water partition coefficient (Wildman–Crippen LogP) is 6.94. The third-order valence-electron chi connectivity index (χ3n) is 7.28. The molecule has 0 aromatic heterocycles. The van der Waals surface area contributed by atoms with Gasteiger partial charge in [-0.25, -0.2) is 0 Å². The van der Waals surface area contributed by atoms with Crippen molar-refractivity contribution in [2.24, 2.45) is 0 Å². The fourth-order valence-corrected chi connectivity index (χ4v) is 4.64. The Morgan fingerprint density at radius 3 is 0.783 bits per heavy atom. The summed E-state index contributed by atoms with van der Waals surface area (Å²) in [5.41, 5.74) is 0. The molecule has 0 rings (SSSR count). The van der Waals surface area contributed by atoms with E-state index in [0.717, 1.165) is 13.0 Å². The van der Waals surface area contributed by atoms with Gasteiger partial charge in [0.1, 0.15) is 6.61 Å². The molecule has 0 bridgehead atoms. The third kappa shape index (κ3) is 43.1. The number of unbranched alkanes of at least 4 members (excludes halogenated alkanes) is 15. The molecule has 0 fully saturated rings. The SMILES string of the molecule is CCCCCCCCCCCCCCCCCCOCCOCCOCCOCCOCCOCCOCCOCCOC(C)=O. The number of ether oxygens (including phenoxy) is 9. The molecule has 46 heavy (non-hydrogen) atoms. The van der Waals surface area contributed by atoms with Crippen LogP contribution in [0.1, 0.15) is 117 Å². The molecule has 0 saturated heterocycles. The number of carbonyl (C=O) groups excluding carboxylic acids is 1. The van der Waals surface area contributed by atoms with Crippen LogP contribution in [0.4, 0.5) is 0 Å². The zero-order valence-corrected chi connectivity index (χ0v) is 29.9. The van der Waals surface area contributed by atoms with E-state index >= 15 is 0 Å². The Bertz CT molecular complexity index is 567. The largest absolute Gasteiger partial charge is 0.463 e. The van der Waals surface area contributed by atoms with Crippen LogP contribution in [0.15, 0.2) is 0 Å². The molecule has 0 atom stereocenters. The van der Waals surface area contributed by atoms with Crippen molar-refractivity contribution < 1.29 is 47.4 Å². The minimum Gasteiger partial charge on any atom is -0.463 e. The van der Waals surface area contributed by atoms with Crippen LogP contribution in [0, 0.1) is 0 Å². The maximum Gasteiger partial charge on any atom is 0.302 e. The van der Waals surface area contributed by atoms with E-state index in [1.54, 1.807) is 0 Å². The quantitative estimate of drug-likeness (QED) is 0.0505. The Labute approximate surface area is 282 Å². The van der Waals surface area contributed by atoms with Crippen molar-refractivity contribution in [2.45, 2.75) is 117 Å². The molecule has 10 nitrogen and oxygen atoms in total. The van der Waals surface area contributed by atoms with Gasteiger partial charge < -0.3 is 42.6 Å². The van der Waals surface area contributed by atoms with E-state index in [1.807, 2.05) is 0 Å². The molecule has 0 aliphatic carbocycles. The number of esters is 1. The Balaban J connectivity index is 3.04. The van der Waals surface area contributed by atoms with E-state index < -0.39 is 0 Å². The normalized spacial score (nSPS) is 11.4. The second kappa shape index (κ2) is 42.2. The standard InChI is InChI=1S/C36H72O10/c1-3-4-5-6-7-8-9-10-11-12-13-14-15-16-17-18-19-38-20-21-39-22-23-40-24-25-41-26-27-42-28-29-43-30-31-44-32-33-45-34-35-46-36(2)37/h3-35H2,1-2H3. The highest BCUT2D eigenvalue weighted by Crippen LogP contribution is 2.13. The summed E-state index contributed by atoms with van der Waals surface area (Å²) >= 11 is 0. The van der Waals surface area contributed by atoms with Crippen molar-refractivity contribution >= 4 is 5.97 Å². The fourth-order valence-electron chi connectivity index (χ4n) is 4.64. The number of hydrogen-bond donors (Lipinski definition) is 0. The molecule has 10 heteroatoms. The summed E-state index contributed by atoms with van der Waals surface area (Å²) in [5.74, 6) is -0.303. The van der Waals surface area contributed by atoms with Crippen molar-refractivity contribution in [3.8, 4) is 0 Å². The molecule has 0 heterocycles. The first-order chi connectivity index (χ1) is 22.8. The maximum absolute atomic E-state index is 10.6. The summed E-state index contributed by atoms with van der Waals surface area (Å²) in [6, 6.07) is 0. The van der Waals surface area contributed by atoms with E-state index in [2.05, 4.69) is 6.92 Å². The Morgan fingerprint density at radius 2 is 0.522 bits per heavy atom. The van der Waals surface area contributed by atoms with Crippen molar-refractivity contribution in [3.05, 3.63) is 0 Å². The zero-order valence-electron chi connectivity index (χ0n) is 29.9. The van der Waals surface area contributed by atoms with E-state index in [1.165, 1.54) is 103 Å². The minimum atomic E-state index is -0.303. The van der Waals surface area contributed by atoms with Crippen molar-refractivity contribution in [1.82, 2.24) is 0 Å². The first kappa shape index (κ1) is 45.2. The number of rotatable bonds is 41. The first-order valence-electron chi connectivity index (χ1n) is 18.5. The van der Waals surface area contributed by atoms with Crippen LogP contribution in [0.25, 0.3) is 0 Å². The summed E-state index contributed by atoms with van der Waals surface area (Å²) in [7, 11) is 0. The van der Waals surface area contributed by atoms with Gasteiger partial charge in [0.25, 0.3) is 0 Å². The van der Waals surface area contributed by atoms with Gasteiger partial charge in [-0.1, -0.05) is 103 Å². The summed E-state index contributed by atoms with van der Waals surface area (Å²) in [6.07, 6.45) is 22.2. The second-order valence-electron chi connectivity index (χ2n) is 11.5. The van der Waals surface area contributed by atoms with E-state index in [-0.39, 0.29) is 12.6 Å². The fraction of sp³-hybridized carbons (Fsp3) is 0.972. The highest BCUT2D eigenvalue weighted by Gasteiger charge is 1.98. The lowest BCUT2D eigenvalue weighted by molar-refractivity contribution is -0.142.